The van der Waals surface area contributed by atoms with E-state index in [4.69, 9.17) is 4.18 Å². The minimum absolute atomic E-state index is 0.0750. The van der Waals surface area contributed by atoms with Crippen LogP contribution in [0.3, 0.4) is 0 Å². The van der Waals surface area contributed by atoms with Gasteiger partial charge in [0.15, 0.2) is 5.13 Å². The van der Waals surface area contributed by atoms with Crippen molar-refractivity contribution in [2.75, 3.05) is 23.7 Å². The second kappa shape index (κ2) is 11.8. The maximum Gasteiger partial charge on any atom is 0.339 e. The zero-order valence-corrected chi connectivity index (χ0v) is 22.5. The lowest BCUT2D eigenvalue weighted by molar-refractivity contribution is -0.116. The van der Waals surface area contributed by atoms with Crippen LogP contribution in [0.1, 0.15) is 47.5 Å². The largest absolute Gasteiger partial charge is 0.384 e. The topological polar surface area (TPSA) is 101 Å². The Morgan fingerprint density at radius 2 is 1.77 bits per heavy atom. The van der Waals surface area contributed by atoms with Crippen molar-refractivity contribution in [2.24, 2.45) is 0 Å². The van der Waals surface area contributed by atoms with Gasteiger partial charge < -0.3 is 14.8 Å². The third-order valence-corrected chi connectivity index (χ3v) is 7.65. The zero-order chi connectivity index (χ0) is 25.6. The third-order valence-electron chi connectivity index (χ3n) is 5.46. The molecule has 1 aromatic heterocycles. The molecule has 3 aromatic rings. The lowest BCUT2D eigenvalue weighted by atomic mass is 10.2. The van der Waals surface area contributed by atoms with Crippen LogP contribution in [0.5, 0.6) is 5.75 Å². The molecular weight excluding hydrogens is 484 g/mol. The number of anilines is 2. The molecule has 35 heavy (non-hydrogen) atoms. The average Bonchev–Trinajstić information content (AvgIpc) is 3.17. The second-order valence-corrected chi connectivity index (χ2v) is 11.4. The Hall–Kier alpha value is -2.69. The Kier molecular flexibility index (Phi) is 9.09. The molecular formula is C25H34N4O4S2. The number of hydrogen-bond donors (Lipinski definition) is 2. The average molecular weight is 519 g/mol. The summed E-state index contributed by atoms with van der Waals surface area (Å²) in [6, 6.07) is 12.3. The Morgan fingerprint density at radius 1 is 1.09 bits per heavy atom. The number of hydrogen-bond acceptors (Lipinski definition) is 8. The molecule has 0 bridgehead atoms. The minimum atomic E-state index is -4.00. The van der Waals surface area contributed by atoms with E-state index < -0.39 is 10.1 Å². The number of aromatic nitrogens is 1. The van der Waals surface area contributed by atoms with E-state index in [9.17, 15) is 13.2 Å². The molecule has 0 saturated carbocycles. The van der Waals surface area contributed by atoms with Crippen LogP contribution in [0, 0.1) is 0 Å². The van der Waals surface area contributed by atoms with Crippen LogP contribution in [0.25, 0.3) is 10.2 Å². The quantitative estimate of drug-likeness (QED) is 0.312. The molecule has 2 aromatic carbocycles. The smallest absolute Gasteiger partial charge is 0.339 e. The van der Waals surface area contributed by atoms with Gasteiger partial charge in [0.2, 0.25) is 5.91 Å². The van der Waals surface area contributed by atoms with Gasteiger partial charge in [-0.2, -0.15) is 8.42 Å². The fraction of sp³-hybridized carbons (Fsp3) is 0.440. The molecule has 0 radical (unpaired) electrons. The molecule has 0 atom stereocenters. The lowest BCUT2D eigenvalue weighted by Gasteiger charge is -2.30. The SMILES string of the molecule is CCCC(=O)Nc1nc2ccc(OS(=O)(=O)c3ccc(NCCN(C(C)C)C(C)C)cc3)cc2s1. The van der Waals surface area contributed by atoms with Gasteiger partial charge in [-0.3, -0.25) is 9.69 Å². The molecule has 1 heterocycles. The van der Waals surface area contributed by atoms with E-state index in [1.807, 2.05) is 6.92 Å². The molecule has 3 rings (SSSR count). The Morgan fingerprint density at radius 3 is 2.40 bits per heavy atom. The van der Waals surface area contributed by atoms with Crippen molar-refractivity contribution in [1.82, 2.24) is 9.88 Å². The third kappa shape index (κ3) is 7.39. The summed E-state index contributed by atoms with van der Waals surface area (Å²) >= 11 is 1.27. The first-order valence-corrected chi connectivity index (χ1v) is 14.1. The highest BCUT2D eigenvalue weighted by atomic mass is 32.2. The minimum Gasteiger partial charge on any atom is -0.384 e. The molecule has 0 aliphatic heterocycles. The van der Waals surface area contributed by atoms with E-state index in [0.717, 1.165) is 29.9 Å². The van der Waals surface area contributed by atoms with Crippen LogP contribution >= 0.6 is 11.3 Å². The van der Waals surface area contributed by atoms with Crippen LogP contribution in [0.15, 0.2) is 47.4 Å². The molecule has 10 heteroatoms. The first-order valence-electron chi connectivity index (χ1n) is 11.8. The van der Waals surface area contributed by atoms with Crippen molar-refractivity contribution < 1.29 is 17.4 Å². The Labute approximate surface area is 211 Å². The van der Waals surface area contributed by atoms with Crippen LogP contribution in [0.4, 0.5) is 10.8 Å². The predicted octanol–water partition coefficient (Wildman–Crippen LogP) is 5.33. The molecule has 2 N–H and O–H groups in total. The summed E-state index contributed by atoms with van der Waals surface area (Å²) < 4.78 is 31.7. The number of amides is 1. The van der Waals surface area contributed by atoms with E-state index >= 15 is 0 Å². The lowest BCUT2D eigenvalue weighted by Crippen LogP contribution is -2.40. The molecule has 0 saturated heterocycles. The number of rotatable bonds is 12. The van der Waals surface area contributed by atoms with Crippen molar-refractivity contribution >= 4 is 48.4 Å². The van der Waals surface area contributed by atoms with Crippen LogP contribution in [-0.4, -0.2) is 49.4 Å². The fourth-order valence-electron chi connectivity index (χ4n) is 3.78. The summed E-state index contributed by atoms with van der Waals surface area (Å²) in [5.41, 5.74) is 1.51. The summed E-state index contributed by atoms with van der Waals surface area (Å²) in [4.78, 5) is 18.6. The van der Waals surface area contributed by atoms with Crippen molar-refractivity contribution in [3.63, 3.8) is 0 Å². The standard InChI is InChI=1S/C25H34N4O4S2/c1-6-7-24(30)28-25-27-22-13-10-20(16-23(22)34-25)33-35(31,32)21-11-8-19(9-12-21)26-14-15-29(17(2)3)18(4)5/h8-13,16-18,26H,6-7,14-15H2,1-5H3,(H,27,28,30). The molecule has 0 unspecified atom stereocenters. The van der Waals surface area contributed by atoms with Gasteiger partial charge in [-0.15, -0.1) is 0 Å². The number of nitrogens with zero attached hydrogens (tertiary/aromatic N) is 2. The number of carbonyl (C=O) groups is 1. The fourth-order valence-corrected chi connectivity index (χ4v) is 5.61. The van der Waals surface area contributed by atoms with E-state index in [1.165, 1.54) is 23.5 Å². The van der Waals surface area contributed by atoms with Gasteiger partial charge in [-0.25, -0.2) is 4.98 Å². The normalized spacial score (nSPS) is 12.0. The van der Waals surface area contributed by atoms with Crippen molar-refractivity contribution in [2.45, 2.75) is 64.4 Å². The van der Waals surface area contributed by atoms with E-state index in [0.29, 0.717) is 29.2 Å². The molecule has 190 valence electrons. The monoisotopic (exact) mass is 518 g/mol. The maximum atomic E-state index is 12.8. The van der Waals surface area contributed by atoms with Gasteiger partial charge in [0, 0.05) is 43.3 Å². The van der Waals surface area contributed by atoms with Gasteiger partial charge in [-0.05, 0) is 70.5 Å². The molecule has 0 fully saturated rings. The first-order chi connectivity index (χ1) is 16.6. The molecule has 0 spiro atoms. The van der Waals surface area contributed by atoms with E-state index in [1.54, 1.807) is 30.3 Å². The van der Waals surface area contributed by atoms with Crippen LogP contribution in [0.2, 0.25) is 0 Å². The van der Waals surface area contributed by atoms with Crippen molar-refractivity contribution in [3.8, 4) is 5.75 Å². The van der Waals surface area contributed by atoms with Crippen molar-refractivity contribution in [1.29, 1.82) is 0 Å². The number of nitrogens with one attached hydrogen (secondary N) is 2. The Balaban J connectivity index is 1.63. The van der Waals surface area contributed by atoms with Gasteiger partial charge in [0.1, 0.15) is 10.6 Å². The highest BCUT2D eigenvalue weighted by molar-refractivity contribution is 7.87. The molecule has 0 aliphatic carbocycles. The highest BCUT2D eigenvalue weighted by Crippen LogP contribution is 2.30. The van der Waals surface area contributed by atoms with E-state index in [2.05, 4.69) is 48.2 Å². The number of thiazole rings is 1. The van der Waals surface area contributed by atoms with Gasteiger partial charge in [0.05, 0.1) is 10.2 Å². The number of carbonyl (C=O) groups excluding carboxylic acids is 1. The summed E-state index contributed by atoms with van der Waals surface area (Å²) in [5.74, 6) is 0.0953. The maximum absolute atomic E-state index is 12.8. The predicted molar refractivity (Wildman–Crippen MR) is 143 cm³/mol. The highest BCUT2D eigenvalue weighted by Gasteiger charge is 2.18. The van der Waals surface area contributed by atoms with Crippen LogP contribution < -0.4 is 14.8 Å². The summed E-state index contributed by atoms with van der Waals surface area (Å²) in [6.45, 7) is 12.3. The van der Waals surface area contributed by atoms with Gasteiger partial charge in [-0.1, -0.05) is 18.3 Å². The Bertz CT molecular complexity index is 1230. The molecule has 0 aliphatic rings. The number of benzene rings is 2. The van der Waals surface area contributed by atoms with Crippen LogP contribution in [-0.2, 0) is 14.9 Å². The first kappa shape index (κ1) is 26.9. The number of fused-ring (bicyclic) bond motifs is 1. The summed E-state index contributed by atoms with van der Waals surface area (Å²) in [7, 11) is -4.00. The molecule has 8 nitrogen and oxygen atoms in total. The summed E-state index contributed by atoms with van der Waals surface area (Å²) in [5, 5.41) is 6.59. The van der Waals surface area contributed by atoms with Gasteiger partial charge >= 0.3 is 10.1 Å². The molecule has 1 amide bonds. The zero-order valence-electron chi connectivity index (χ0n) is 20.9. The second-order valence-electron chi connectivity index (χ2n) is 8.86. The van der Waals surface area contributed by atoms with E-state index in [-0.39, 0.29) is 16.6 Å². The summed E-state index contributed by atoms with van der Waals surface area (Å²) in [6.07, 6.45) is 1.17. The van der Waals surface area contributed by atoms with Gasteiger partial charge in [0.25, 0.3) is 0 Å². The van der Waals surface area contributed by atoms with Crippen molar-refractivity contribution in [3.05, 3.63) is 42.5 Å².